The number of halogens is 1. The van der Waals surface area contributed by atoms with E-state index in [9.17, 15) is 0 Å². The van der Waals surface area contributed by atoms with Gasteiger partial charge in [-0.05, 0) is 54.0 Å². The molecule has 0 amide bonds. The molecular weight excluding hydrogens is 261 g/mol. The van der Waals surface area contributed by atoms with Crippen LogP contribution in [0.25, 0.3) is 0 Å². The van der Waals surface area contributed by atoms with E-state index in [0.29, 0.717) is 11.1 Å². The highest BCUT2D eigenvalue weighted by Gasteiger charge is 2.37. The maximum Gasteiger partial charge on any atom is 0.0155 e. The highest BCUT2D eigenvalue weighted by molar-refractivity contribution is 4.94. The maximum atomic E-state index is 2.52. The Morgan fingerprint density at radius 1 is 0.917 bits per heavy atom. The van der Waals surface area contributed by atoms with Gasteiger partial charge in [-0.3, -0.25) is 4.90 Å². The average Bonchev–Trinajstić information content (AvgIpc) is 1.82. The lowest BCUT2D eigenvalue weighted by molar-refractivity contribution is -0.00210. The van der Waals surface area contributed by atoms with Crippen LogP contribution < -0.4 is 24.0 Å². The lowest BCUT2D eigenvalue weighted by Crippen LogP contribution is -3.00. The summed E-state index contributed by atoms with van der Waals surface area (Å²) < 4.78 is 0. The van der Waals surface area contributed by atoms with Crippen molar-refractivity contribution in [1.82, 2.24) is 4.90 Å². The van der Waals surface area contributed by atoms with Gasteiger partial charge in [0.1, 0.15) is 0 Å². The molecule has 0 bridgehead atoms. The molecule has 0 unspecified atom stereocenters. The number of piperidine rings is 1. The zero-order valence-corrected chi connectivity index (χ0v) is 11.1. The Morgan fingerprint density at radius 3 is 1.50 bits per heavy atom. The van der Waals surface area contributed by atoms with Gasteiger partial charge in [-0.15, -0.1) is 0 Å². The minimum atomic E-state index is 0. The molecule has 0 saturated carbocycles. The topological polar surface area (TPSA) is 3.24 Å². The van der Waals surface area contributed by atoms with Gasteiger partial charge >= 0.3 is 0 Å². The van der Waals surface area contributed by atoms with Crippen molar-refractivity contribution in [3.8, 4) is 0 Å². The predicted octanol–water partition coefficient (Wildman–Crippen LogP) is -0.337. The Hall–Kier alpha value is 0.690. The first-order valence-corrected chi connectivity index (χ1v) is 4.60. The van der Waals surface area contributed by atoms with Crippen LogP contribution in [0.2, 0.25) is 0 Å². The molecule has 1 aliphatic rings. The van der Waals surface area contributed by atoms with Crippen molar-refractivity contribution < 1.29 is 24.0 Å². The van der Waals surface area contributed by atoms with E-state index in [0.717, 1.165) is 0 Å². The molecule has 0 aromatic heterocycles. The monoisotopic (exact) mass is 282 g/mol. The van der Waals surface area contributed by atoms with Crippen molar-refractivity contribution in [1.29, 1.82) is 0 Å². The van der Waals surface area contributed by atoms with E-state index in [-0.39, 0.29) is 24.0 Å². The van der Waals surface area contributed by atoms with E-state index in [1.807, 2.05) is 0 Å². The lowest BCUT2D eigenvalue weighted by atomic mass is 9.80. The van der Waals surface area contributed by atoms with Crippen LogP contribution in [0, 0.1) is 0 Å². The molecule has 0 aromatic rings. The normalized spacial score (nSPS) is 27.8. The quantitative estimate of drug-likeness (QED) is 0.550. The second kappa shape index (κ2) is 3.82. The van der Waals surface area contributed by atoms with Crippen LogP contribution in [0.1, 0.15) is 47.0 Å². The zero-order chi connectivity index (χ0) is 8.70. The summed E-state index contributed by atoms with van der Waals surface area (Å²) in [6.45, 7) is 9.36. The maximum absolute atomic E-state index is 2.52. The van der Waals surface area contributed by atoms with Crippen LogP contribution in [0.3, 0.4) is 0 Å². The number of hydrogen-bond acceptors (Lipinski definition) is 1. The number of hydrogen-bond donors (Lipinski definition) is 0. The first-order chi connectivity index (χ1) is 4.86. The molecule has 1 saturated heterocycles. The molecule has 0 aromatic carbocycles. The Kier molecular flexibility index (Phi) is 4.04. The van der Waals surface area contributed by atoms with Gasteiger partial charge in [0, 0.05) is 11.1 Å². The Labute approximate surface area is 93.9 Å². The molecule has 0 radical (unpaired) electrons. The van der Waals surface area contributed by atoms with Crippen molar-refractivity contribution in [2.75, 3.05) is 7.05 Å². The molecule has 1 rings (SSSR count). The fourth-order valence-corrected chi connectivity index (χ4v) is 2.11. The van der Waals surface area contributed by atoms with Gasteiger partial charge in [-0.2, -0.15) is 0 Å². The van der Waals surface area contributed by atoms with E-state index in [1.54, 1.807) is 0 Å². The Bertz CT molecular complexity index is 136. The number of likely N-dealkylation sites (tertiary alicyclic amines) is 1. The summed E-state index contributed by atoms with van der Waals surface area (Å²) in [5, 5.41) is 0. The molecule has 12 heavy (non-hydrogen) atoms. The fourth-order valence-electron chi connectivity index (χ4n) is 2.11. The molecule has 0 aliphatic carbocycles. The number of rotatable bonds is 0. The first kappa shape index (κ1) is 12.7. The van der Waals surface area contributed by atoms with Crippen molar-refractivity contribution in [2.45, 2.75) is 58.0 Å². The van der Waals surface area contributed by atoms with E-state index >= 15 is 0 Å². The second-order valence-electron chi connectivity index (χ2n) is 5.04. The van der Waals surface area contributed by atoms with Crippen LogP contribution in [0.4, 0.5) is 0 Å². The van der Waals surface area contributed by atoms with Crippen molar-refractivity contribution in [3.63, 3.8) is 0 Å². The molecule has 2 heteroatoms. The molecule has 1 heterocycles. The van der Waals surface area contributed by atoms with Crippen LogP contribution in [-0.4, -0.2) is 23.0 Å². The smallest absolute Gasteiger partial charge is 0.0155 e. The van der Waals surface area contributed by atoms with Gasteiger partial charge < -0.3 is 24.0 Å². The van der Waals surface area contributed by atoms with Crippen LogP contribution >= 0.6 is 0 Å². The third kappa shape index (κ3) is 2.34. The van der Waals surface area contributed by atoms with Gasteiger partial charge in [-0.25, -0.2) is 0 Å². The van der Waals surface area contributed by atoms with E-state index in [2.05, 4.69) is 39.6 Å². The molecule has 1 nitrogen and oxygen atoms in total. The van der Waals surface area contributed by atoms with Crippen molar-refractivity contribution >= 4 is 0 Å². The average molecular weight is 282 g/mol. The Balaban J connectivity index is 0.00000121. The van der Waals surface area contributed by atoms with E-state index in [4.69, 9.17) is 0 Å². The van der Waals surface area contributed by atoms with E-state index in [1.165, 1.54) is 19.3 Å². The standard InChI is InChI=1S/C10H21N.HI/c1-9(2)7-6-8-10(3,4)11(9)5;/h6-8H2,1-5H3;1H/p-1. The van der Waals surface area contributed by atoms with Crippen LogP contribution in [-0.2, 0) is 0 Å². The summed E-state index contributed by atoms with van der Waals surface area (Å²) in [7, 11) is 2.25. The lowest BCUT2D eigenvalue weighted by Gasteiger charge is -2.50. The van der Waals surface area contributed by atoms with Gasteiger partial charge in [0.15, 0.2) is 0 Å². The first-order valence-electron chi connectivity index (χ1n) is 4.60. The van der Waals surface area contributed by atoms with Crippen molar-refractivity contribution in [3.05, 3.63) is 0 Å². The van der Waals surface area contributed by atoms with E-state index < -0.39 is 0 Å². The summed E-state index contributed by atoms with van der Waals surface area (Å²) in [6.07, 6.45) is 4.06. The Morgan fingerprint density at radius 2 is 1.25 bits per heavy atom. The molecule has 0 N–H and O–H groups in total. The number of nitrogens with zero attached hydrogens (tertiary/aromatic N) is 1. The second-order valence-corrected chi connectivity index (χ2v) is 5.04. The summed E-state index contributed by atoms with van der Waals surface area (Å²) in [4.78, 5) is 2.52. The summed E-state index contributed by atoms with van der Waals surface area (Å²) in [5.41, 5.74) is 0.809. The minimum absolute atomic E-state index is 0. The highest BCUT2D eigenvalue weighted by atomic mass is 127. The molecule has 1 aliphatic heterocycles. The zero-order valence-electron chi connectivity index (χ0n) is 8.95. The minimum Gasteiger partial charge on any atom is -1.00 e. The van der Waals surface area contributed by atoms with Crippen LogP contribution in [0.5, 0.6) is 0 Å². The van der Waals surface area contributed by atoms with Gasteiger partial charge in [0.2, 0.25) is 0 Å². The SMILES string of the molecule is CN1C(C)(C)CCCC1(C)C.[I-]. The summed E-state index contributed by atoms with van der Waals surface area (Å²) >= 11 is 0. The summed E-state index contributed by atoms with van der Waals surface area (Å²) in [6, 6.07) is 0. The van der Waals surface area contributed by atoms with Gasteiger partial charge in [0.25, 0.3) is 0 Å². The molecule has 0 spiro atoms. The van der Waals surface area contributed by atoms with Gasteiger partial charge in [0.05, 0.1) is 0 Å². The fraction of sp³-hybridized carbons (Fsp3) is 1.00. The third-order valence-corrected chi connectivity index (χ3v) is 3.39. The van der Waals surface area contributed by atoms with Crippen molar-refractivity contribution in [2.24, 2.45) is 0 Å². The molecule has 1 fully saturated rings. The van der Waals surface area contributed by atoms with Gasteiger partial charge in [-0.1, -0.05) is 0 Å². The molecule has 74 valence electrons. The third-order valence-electron chi connectivity index (χ3n) is 3.39. The largest absolute Gasteiger partial charge is 1.00 e. The van der Waals surface area contributed by atoms with Crippen LogP contribution in [0.15, 0.2) is 0 Å². The molecule has 0 atom stereocenters. The predicted molar refractivity (Wildman–Crippen MR) is 49.8 cm³/mol. The summed E-state index contributed by atoms with van der Waals surface area (Å²) in [5.74, 6) is 0. The molecular formula is C10H21IN-. The highest BCUT2D eigenvalue weighted by Crippen LogP contribution is 2.36.